The average Bonchev–Trinajstić information content (AvgIpc) is 2.89. The van der Waals surface area contributed by atoms with Gasteiger partial charge in [0.1, 0.15) is 5.15 Å². The smallest absolute Gasteiger partial charge is 0.260 e. The Morgan fingerprint density at radius 3 is 2.46 bits per heavy atom. The first-order valence-electron chi connectivity index (χ1n) is 7.94. The number of carbonyl (C=O) groups excluding carboxylic acids is 2. The van der Waals surface area contributed by atoms with E-state index in [1.165, 1.54) is 0 Å². The van der Waals surface area contributed by atoms with Crippen molar-refractivity contribution in [3.63, 3.8) is 0 Å². The molecule has 0 bridgehead atoms. The van der Waals surface area contributed by atoms with Crippen molar-refractivity contribution in [1.29, 1.82) is 0 Å². The summed E-state index contributed by atoms with van der Waals surface area (Å²) in [5, 5.41) is 7.28. The first-order valence-corrected chi connectivity index (χ1v) is 8.32. The molecule has 0 atom stereocenters. The molecule has 3 rings (SSSR count). The predicted molar refractivity (Wildman–Crippen MR) is 100 cm³/mol. The van der Waals surface area contributed by atoms with Gasteiger partial charge in [0.15, 0.2) is 0 Å². The van der Waals surface area contributed by atoms with Gasteiger partial charge in [-0.05, 0) is 24.6 Å². The fourth-order valence-electron chi connectivity index (χ4n) is 2.66. The van der Waals surface area contributed by atoms with E-state index in [2.05, 4.69) is 10.4 Å². The van der Waals surface area contributed by atoms with Crippen LogP contribution in [-0.4, -0.2) is 21.6 Å². The normalized spacial score (nSPS) is 10.5. The van der Waals surface area contributed by atoms with Crippen LogP contribution in [0.3, 0.4) is 0 Å². The highest BCUT2D eigenvalue weighted by Crippen LogP contribution is 2.23. The second-order valence-corrected chi connectivity index (χ2v) is 6.12. The third-order valence-corrected chi connectivity index (χ3v) is 4.29. The summed E-state index contributed by atoms with van der Waals surface area (Å²) in [4.78, 5) is 24.2. The number of benzene rings is 2. The first kappa shape index (κ1) is 17.7. The maximum absolute atomic E-state index is 12.7. The summed E-state index contributed by atoms with van der Waals surface area (Å²) in [5.74, 6) is -1.07. The highest BCUT2D eigenvalue weighted by molar-refractivity contribution is 6.33. The quantitative estimate of drug-likeness (QED) is 0.724. The molecule has 0 spiro atoms. The number of hydrogen-bond acceptors (Lipinski definition) is 3. The van der Waals surface area contributed by atoms with E-state index in [9.17, 15) is 9.59 Å². The Labute approximate surface area is 155 Å². The number of para-hydroxylation sites is 1. The van der Waals surface area contributed by atoms with Crippen molar-refractivity contribution in [1.82, 2.24) is 9.78 Å². The van der Waals surface area contributed by atoms with Gasteiger partial charge in [-0.3, -0.25) is 9.59 Å². The number of rotatable bonds is 5. The van der Waals surface area contributed by atoms with Crippen molar-refractivity contribution in [2.45, 2.75) is 13.5 Å². The largest absolute Gasteiger partial charge is 0.366 e. The van der Waals surface area contributed by atoms with Gasteiger partial charge < -0.3 is 11.1 Å². The van der Waals surface area contributed by atoms with Crippen molar-refractivity contribution in [2.24, 2.45) is 5.73 Å². The number of aryl methyl sites for hydroxylation is 1. The second kappa shape index (κ2) is 7.41. The first-order chi connectivity index (χ1) is 12.5. The Balaban J connectivity index is 1.88. The summed E-state index contributed by atoms with van der Waals surface area (Å²) < 4.78 is 1.57. The molecular formula is C19H17ClN4O2. The second-order valence-electron chi connectivity index (χ2n) is 5.76. The predicted octanol–water partition coefficient (Wildman–Crippen LogP) is 3.24. The van der Waals surface area contributed by atoms with Gasteiger partial charge in [-0.25, -0.2) is 4.68 Å². The zero-order valence-corrected chi connectivity index (χ0v) is 14.8. The van der Waals surface area contributed by atoms with E-state index in [4.69, 9.17) is 17.3 Å². The molecule has 0 aliphatic carbocycles. The lowest BCUT2D eigenvalue weighted by Crippen LogP contribution is -2.18. The zero-order chi connectivity index (χ0) is 18.7. The standard InChI is InChI=1S/C19H17ClN4O2/c1-12-16(17(20)24(23-12)11-13-7-3-2-4-8-13)19(26)22-15-10-6-5-9-14(15)18(21)25/h2-10H,11H2,1H3,(H2,21,25)(H,22,26). The van der Waals surface area contributed by atoms with Gasteiger partial charge >= 0.3 is 0 Å². The maximum atomic E-state index is 12.7. The summed E-state index contributed by atoms with van der Waals surface area (Å²) >= 11 is 6.39. The van der Waals surface area contributed by atoms with Crippen LogP contribution in [0.2, 0.25) is 5.15 Å². The minimum Gasteiger partial charge on any atom is -0.366 e. The van der Waals surface area contributed by atoms with Crippen molar-refractivity contribution < 1.29 is 9.59 Å². The van der Waals surface area contributed by atoms with Gasteiger partial charge in [0.05, 0.1) is 29.1 Å². The molecule has 7 heteroatoms. The number of carbonyl (C=O) groups is 2. The third kappa shape index (κ3) is 3.60. The minimum atomic E-state index is -0.622. The topological polar surface area (TPSA) is 90.0 Å². The summed E-state index contributed by atoms with van der Waals surface area (Å²) in [6.45, 7) is 2.16. The molecule has 0 fully saturated rings. The molecule has 3 aromatic rings. The van der Waals surface area contributed by atoms with E-state index in [0.717, 1.165) is 5.56 Å². The van der Waals surface area contributed by atoms with Crippen LogP contribution >= 0.6 is 11.6 Å². The van der Waals surface area contributed by atoms with Gasteiger partial charge in [-0.15, -0.1) is 0 Å². The Kier molecular flexibility index (Phi) is 5.04. The molecule has 26 heavy (non-hydrogen) atoms. The molecule has 1 heterocycles. The Hall–Kier alpha value is -3.12. The van der Waals surface area contributed by atoms with E-state index in [0.29, 0.717) is 17.9 Å². The molecule has 0 aliphatic rings. The van der Waals surface area contributed by atoms with Crippen LogP contribution in [0.1, 0.15) is 32.0 Å². The Morgan fingerprint density at radius 2 is 1.77 bits per heavy atom. The number of amides is 2. The fraction of sp³-hybridized carbons (Fsp3) is 0.105. The molecule has 0 saturated carbocycles. The van der Waals surface area contributed by atoms with Crippen molar-refractivity contribution >= 4 is 29.1 Å². The highest BCUT2D eigenvalue weighted by atomic mass is 35.5. The molecule has 2 aromatic carbocycles. The fourth-order valence-corrected chi connectivity index (χ4v) is 2.98. The Bertz CT molecular complexity index is 967. The van der Waals surface area contributed by atoms with E-state index in [1.54, 1.807) is 35.9 Å². The molecule has 2 amide bonds. The van der Waals surface area contributed by atoms with Crippen LogP contribution < -0.4 is 11.1 Å². The van der Waals surface area contributed by atoms with Gasteiger partial charge in [-0.2, -0.15) is 5.10 Å². The molecule has 132 valence electrons. The number of halogens is 1. The van der Waals surface area contributed by atoms with Crippen molar-refractivity contribution in [2.75, 3.05) is 5.32 Å². The molecule has 0 unspecified atom stereocenters. The summed E-state index contributed by atoms with van der Waals surface area (Å²) in [6, 6.07) is 16.2. The van der Waals surface area contributed by atoms with E-state index in [1.807, 2.05) is 30.3 Å². The summed E-state index contributed by atoms with van der Waals surface area (Å²) in [6.07, 6.45) is 0. The zero-order valence-electron chi connectivity index (χ0n) is 14.1. The van der Waals surface area contributed by atoms with E-state index in [-0.39, 0.29) is 16.3 Å². The monoisotopic (exact) mass is 368 g/mol. The lowest BCUT2D eigenvalue weighted by molar-refractivity contribution is 0.100. The third-order valence-electron chi connectivity index (χ3n) is 3.91. The number of aromatic nitrogens is 2. The van der Waals surface area contributed by atoms with Gasteiger partial charge in [0.25, 0.3) is 11.8 Å². The molecule has 0 aliphatic heterocycles. The lowest BCUT2D eigenvalue weighted by Gasteiger charge is -2.09. The van der Waals surface area contributed by atoms with Crippen molar-refractivity contribution in [3.05, 3.63) is 82.1 Å². The number of nitrogens with two attached hydrogens (primary N) is 1. The molecular weight excluding hydrogens is 352 g/mol. The molecule has 3 N–H and O–H groups in total. The number of anilines is 1. The molecule has 0 radical (unpaired) electrons. The summed E-state index contributed by atoms with van der Waals surface area (Å²) in [5.41, 5.74) is 7.69. The van der Waals surface area contributed by atoms with Crippen LogP contribution in [0, 0.1) is 6.92 Å². The van der Waals surface area contributed by atoms with E-state index >= 15 is 0 Å². The molecule has 0 saturated heterocycles. The van der Waals surface area contributed by atoms with Crippen LogP contribution in [0.25, 0.3) is 0 Å². The maximum Gasteiger partial charge on any atom is 0.260 e. The summed E-state index contributed by atoms with van der Waals surface area (Å²) in [7, 11) is 0. The number of primary amides is 1. The number of nitrogens with zero attached hydrogens (tertiary/aromatic N) is 2. The SMILES string of the molecule is Cc1nn(Cc2ccccc2)c(Cl)c1C(=O)Nc1ccccc1C(N)=O. The number of nitrogens with one attached hydrogen (secondary N) is 1. The van der Waals surface area contributed by atoms with Crippen molar-refractivity contribution in [3.8, 4) is 0 Å². The van der Waals surface area contributed by atoms with Gasteiger partial charge in [0, 0.05) is 0 Å². The highest BCUT2D eigenvalue weighted by Gasteiger charge is 2.21. The van der Waals surface area contributed by atoms with Crippen LogP contribution in [0.15, 0.2) is 54.6 Å². The molecule has 1 aromatic heterocycles. The van der Waals surface area contributed by atoms with Gasteiger partial charge in [0.2, 0.25) is 0 Å². The average molecular weight is 369 g/mol. The minimum absolute atomic E-state index is 0.228. The number of hydrogen-bond donors (Lipinski definition) is 2. The van der Waals surface area contributed by atoms with E-state index < -0.39 is 11.8 Å². The Morgan fingerprint density at radius 1 is 1.12 bits per heavy atom. The van der Waals surface area contributed by atoms with Crippen LogP contribution in [0.5, 0.6) is 0 Å². The lowest BCUT2D eigenvalue weighted by atomic mass is 10.1. The van der Waals surface area contributed by atoms with Crippen LogP contribution in [0.4, 0.5) is 5.69 Å². The van der Waals surface area contributed by atoms with Gasteiger partial charge in [-0.1, -0.05) is 54.1 Å². The van der Waals surface area contributed by atoms with Crippen LogP contribution in [-0.2, 0) is 6.54 Å². The molecule has 6 nitrogen and oxygen atoms in total.